The molecule has 0 aliphatic rings. The summed E-state index contributed by atoms with van der Waals surface area (Å²) in [4.78, 5) is 48.4. The van der Waals surface area contributed by atoms with Gasteiger partial charge in [0.25, 0.3) is 23.1 Å². The summed E-state index contributed by atoms with van der Waals surface area (Å²) in [5.74, 6) is -1.24. The summed E-state index contributed by atoms with van der Waals surface area (Å²) in [5.41, 5.74) is 2.81. The van der Waals surface area contributed by atoms with Crippen molar-refractivity contribution in [2.24, 2.45) is 5.10 Å². The molecule has 0 saturated carbocycles. The fourth-order valence-electron chi connectivity index (χ4n) is 3.34. The van der Waals surface area contributed by atoms with E-state index in [4.69, 9.17) is 0 Å². The predicted octanol–water partition coefficient (Wildman–Crippen LogP) is 2.45. The van der Waals surface area contributed by atoms with Crippen molar-refractivity contribution in [3.8, 4) is 0 Å². The Morgan fingerprint density at radius 1 is 0.971 bits per heavy atom. The Kier molecular flexibility index (Phi) is 6.68. The Morgan fingerprint density at radius 3 is 2.31 bits per heavy atom. The van der Waals surface area contributed by atoms with Gasteiger partial charge < -0.3 is 5.32 Å². The molecule has 174 valence electrons. The van der Waals surface area contributed by atoms with Crippen LogP contribution >= 0.6 is 0 Å². The van der Waals surface area contributed by atoms with E-state index in [1.165, 1.54) is 30.5 Å². The van der Waals surface area contributed by atoms with Gasteiger partial charge in [0.15, 0.2) is 6.04 Å². The van der Waals surface area contributed by atoms with E-state index < -0.39 is 28.3 Å². The van der Waals surface area contributed by atoms with Crippen LogP contribution in [0.1, 0.15) is 27.7 Å². The van der Waals surface area contributed by atoms with Gasteiger partial charge in [0.2, 0.25) is 0 Å². The van der Waals surface area contributed by atoms with Gasteiger partial charge in [0.05, 0.1) is 16.5 Å². The summed E-state index contributed by atoms with van der Waals surface area (Å²) in [6, 6.07) is 19.2. The standard InChI is InChI=1S/C24H18N6O5/c31-22(16-6-2-1-3-7-16)26-21(20-18-8-4-5-9-19(18)23(32)29-27-20)24(33)28-25-14-15-10-12-17(13-11-15)30(34)35/h1-14,21H,(H,26,31)(H,28,33)(H,29,32)/b25-14-/t21-/m1/s1. The quantitative estimate of drug-likeness (QED) is 0.214. The number of nitrogens with one attached hydrogen (secondary N) is 3. The van der Waals surface area contributed by atoms with Crippen LogP contribution in [-0.2, 0) is 4.79 Å². The highest BCUT2D eigenvalue weighted by Gasteiger charge is 2.27. The molecule has 11 heteroatoms. The first-order valence-electron chi connectivity index (χ1n) is 10.3. The molecule has 0 fully saturated rings. The molecule has 0 aliphatic carbocycles. The normalized spacial score (nSPS) is 11.8. The number of H-pyrrole nitrogens is 1. The molecule has 1 atom stereocenters. The number of hydrazone groups is 1. The number of carbonyl (C=O) groups excluding carboxylic acids is 2. The number of hydrogen-bond acceptors (Lipinski definition) is 7. The molecule has 4 aromatic rings. The average Bonchev–Trinajstić information content (AvgIpc) is 2.88. The second-order valence-corrected chi connectivity index (χ2v) is 7.34. The smallest absolute Gasteiger partial charge is 0.272 e. The number of rotatable bonds is 7. The van der Waals surface area contributed by atoms with Gasteiger partial charge in [-0.05, 0) is 35.9 Å². The first-order chi connectivity index (χ1) is 16.9. The van der Waals surface area contributed by atoms with Crippen LogP contribution in [0.4, 0.5) is 5.69 Å². The maximum Gasteiger partial charge on any atom is 0.272 e. The van der Waals surface area contributed by atoms with Crippen molar-refractivity contribution in [3.05, 3.63) is 116 Å². The van der Waals surface area contributed by atoms with Crippen molar-refractivity contribution in [3.63, 3.8) is 0 Å². The molecule has 35 heavy (non-hydrogen) atoms. The molecular formula is C24H18N6O5. The highest BCUT2D eigenvalue weighted by Crippen LogP contribution is 2.20. The second kappa shape index (κ2) is 10.2. The molecule has 2 amide bonds. The van der Waals surface area contributed by atoms with Gasteiger partial charge in [-0.2, -0.15) is 10.2 Å². The maximum atomic E-state index is 13.1. The minimum absolute atomic E-state index is 0.0779. The molecule has 1 heterocycles. The number of hydrogen-bond donors (Lipinski definition) is 3. The Morgan fingerprint density at radius 2 is 1.63 bits per heavy atom. The third kappa shape index (κ3) is 5.25. The van der Waals surface area contributed by atoms with Crippen LogP contribution in [0.25, 0.3) is 10.8 Å². The number of aromatic amines is 1. The molecule has 0 unspecified atom stereocenters. The van der Waals surface area contributed by atoms with Gasteiger partial charge in [0, 0.05) is 23.1 Å². The number of nitro benzene ring substituents is 1. The van der Waals surface area contributed by atoms with E-state index in [0.29, 0.717) is 21.9 Å². The number of amides is 2. The van der Waals surface area contributed by atoms with Gasteiger partial charge in [-0.15, -0.1) is 0 Å². The van der Waals surface area contributed by atoms with Crippen molar-refractivity contribution in [2.45, 2.75) is 6.04 Å². The third-order valence-electron chi connectivity index (χ3n) is 5.06. The molecule has 0 radical (unpaired) electrons. The molecule has 11 nitrogen and oxygen atoms in total. The Bertz CT molecular complexity index is 1480. The Balaban J connectivity index is 1.63. The van der Waals surface area contributed by atoms with E-state index in [-0.39, 0.29) is 11.4 Å². The minimum atomic E-state index is -1.29. The fraction of sp³-hybridized carbons (Fsp3) is 0.0417. The molecular weight excluding hydrogens is 452 g/mol. The van der Waals surface area contributed by atoms with Crippen LogP contribution in [-0.4, -0.2) is 33.1 Å². The molecule has 1 aromatic heterocycles. The lowest BCUT2D eigenvalue weighted by Crippen LogP contribution is -2.40. The summed E-state index contributed by atoms with van der Waals surface area (Å²) < 4.78 is 0. The average molecular weight is 470 g/mol. The number of non-ortho nitro benzene ring substituents is 1. The summed E-state index contributed by atoms with van der Waals surface area (Å²) in [5, 5.41) is 24.4. The van der Waals surface area contributed by atoms with E-state index in [9.17, 15) is 24.5 Å². The largest absolute Gasteiger partial charge is 0.335 e. The number of nitro groups is 1. The maximum absolute atomic E-state index is 13.1. The number of aromatic nitrogens is 2. The molecule has 0 spiro atoms. The van der Waals surface area contributed by atoms with E-state index in [1.54, 1.807) is 54.6 Å². The number of fused-ring (bicyclic) bond motifs is 1. The summed E-state index contributed by atoms with van der Waals surface area (Å²) in [6.45, 7) is 0. The number of nitrogens with zero attached hydrogens (tertiary/aromatic N) is 3. The summed E-state index contributed by atoms with van der Waals surface area (Å²) >= 11 is 0. The lowest BCUT2D eigenvalue weighted by atomic mass is 10.0. The number of benzene rings is 3. The predicted molar refractivity (Wildman–Crippen MR) is 128 cm³/mol. The van der Waals surface area contributed by atoms with Crippen LogP contribution in [0.2, 0.25) is 0 Å². The lowest BCUT2D eigenvalue weighted by molar-refractivity contribution is -0.384. The first kappa shape index (κ1) is 23.0. The van der Waals surface area contributed by atoms with Crippen molar-refractivity contribution >= 4 is 34.5 Å². The fourth-order valence-corrected chi connectivity index (χ4v) is 3.34. The first-order valence-corrected chi connectivity index (χ1v) is 10.3. The monoisotopic (exact) mass is 470 g/mol. The van der Waals surface area contributed by atoms with Crippen LogP contribution < -0.4 is 16.3 Å². The summed E-state index contributed by atoms with van der Waals surface area (Å²) in [6.07, 6.45) is 1.30. The second-order valence-electron chi connectivity index (χ2n) is 7.34. The molecule has 3 aromatic carbocycles. The van der Waals surface area contributed by atoms with Gasteiger partial charge >= 0.3 is 0 Å². The van der Waals surface area contributed by atoms with Crippen LogP contribution in [0.15, 0.2) is 88.8 Å². The molecule has 0 bridgehead atoms. The van der Waals surface area contributed by atoms with Crippen molar-refractivity contribution in [1.82, 2.24) is 20.9 Å². The lowest BCUT2D eigenvalue weighted by Gasteiger charge is -2.18. The van der Waals surface area contributed by atoms with Gasteiger partial charge in [-0.3, -0.25) is 24.5 Å². The molecule has 3 N–H and O–H groups in total. The zero-order chi connectivity index (χ0) is 24.8. The van der Waals surface area contributed by atoms with E-state index in [0.717, 1.165) is 0 Å². The van der Waals surface area contributed by atoms with Crippen molar-refractivity contribution in [2.75, 3.05) is 0 Å². The highest BCUT2D eigenvalue weighted by molar-refractivity contribution is 5.99. The highest BCUT2D eigenvalue weighted by atomic mass is 16.6. The summed E-state index contributed by atoms with van der Waals surface area (Å²) in [7, 11) is 0. The van der Waals surface area contributed by atoms with Crippen LogP contribution in [0, 0.1) is 10.1 Å². The van der Waals surface area contributed by atoms with Gasteiger partial charge in [-0.1, -0.05) is 36.4 Å². The van der Waals surface area contributed by atoms with Gasteiger partial charge in [-0.25, -0.2) is 10.5 Å². The Labute approximate surface area is 197 Å². The molecule has 4 rings (SSSR count). The Hall–Kier alpha value is -5.19. The van der Waals surface area contributed by atoms with E-state index >= 15 is 0 Å². The molecule has 0 saturated heterocycles. The SMILES string of the molecule is O=C(N[C@@H](C(=O)N/N=C\c1ccc([N+](=O)[O-])cc1)c1n[nH]c(=O)c2ccccc12)c1ccccc1. The van der Waals surface area contributed by atoms with E-state index in [1.807, 2.05) is 0 Å². The molecule has 0 aliphatic heterocycles. The topological polar surface area (TPSA) is 159 Å². The van der Waals surface area contributed by atoms with Crippen molar-refractivity contribution in [1.29, 1.82) is 0 Å². The third-order valence-corrected chi connectivity index (χ3v) is 5.06. The van der Waals surface area contributed by atoms with Gasteiger partial charge in [0.1, 0.15) is 5.69 Å². The zero-order valence-corrected chi connectivity index (χ0v) is 18.0. The number of carbonyl (C=O) groups is 2. The van der Waals surface area contributed by atoms with Crippen LogP contribution in [0.5, 0.6) is 0 Å². The van der Waals surface area contributed by atoms with Crippen LogP contribution in [0.3, 0.4) is 0 Å². The minimum Gasteiger partial charge on any atom is -0.335 e. The van der Waals surface area contributed by atoms with E-state index in [2.05, 4.69) is 26.0 Å². The van der Waals surface area contributed by atoms with Crippen molar-refractivity contribution < 1.29 is 14.5 Å². The zero-order valence-electron chi connectivity index (χ0n) is 18.0.